The highest BCUT2D eigenvalue weighted by Gasteiger charge is 2.37. The smallest absolute Gasteiger partial charge is 0.0488 e. The molecule has 9 aromatic rings. The highest BCUT2D eigenvalue weighted by Crippen LogP contribution is 2.55. The number of fused-ring (bicyclic) bond motifs is 8. The van der Waals surface area contributed by atoms with Crippen molar-refractivity contribution in [2.45, 2.75) is 19.3 Å². The number of nitrogens with zero attached hydrogens (tertiary/aromatic N) is 1. The molecule has 0 spiro atoms. The summed E-state index contributed by atoms with van der Waals surface area (Å²) in [7, 11) is 2.19. The maximum Gasteiger partial charge on any atom is 0.0488 e. The zero-order valence-electron chi connectivity index (χ0n) is 31.3. The standard InChI is InChI=1S/C54H39N/c1-54(2)47-20-10-9-18-44(47)53-45(19-12-21-48(53)54)52-42-17-8-7-16-41(42)51(40-28-26-36-25-24-35-14-6-11-22-49(35)55(3)50(36)33-40)43-30-29-39(32-46(43)52)38-27-23-34-13-4-5-15-37(34)31-38/h4-33H,1-3H3. The predicted octanol–water partition coefficient (Wildman–Crippen LogP) is 14.7. The summed E-state index contributed by atoms with van der Waals surface area (Å²) in [6.45, 7) is 4.75. The lowest BCUT2D eigenvalue weighted by Crippen LogP contribution is -2.14. The third-order valence-electron chi connectivity index (χ3n) is 12.4. The molecule has 1 aliphatic carbocycles. The minimum atomic E-state index is -0.0926. The molecule has 9 aromatic carbocycles. The first kappa shape index (κ1) is 31.8. The summed E-state index contributed by atoms with van der Waals surface area (Å²) in [4.78, 5) is 2.34. The fourth-order valence-electron chi connectivity index (χ4n) is 9.66. The molecule has 0 bridgehead atoms. The van der Waals surface area contributed by atoms with Gasteiger partial charge in [0.25, 0.3) is 0 Å². The van der Waals surface area contributed by atoms with E-state index < -0.39 is 0 Å². The van der Waals surface area contributed by atoms with Crippen molar-refractivity contribution in [2.75, 3.05) is 11.9 Å². The first-order valence-electron chi connectivity index (χ1n) is 19.3. The van der Waals surface area contributed by atoms with Crippen LogP contribution in [-0.2, 0) is 5.41 Å². The predicted molar refractivity (Wildman–Crippen MR) is 236 cm³/mol. The van der Waals surface area contributed by atoms with Crippen LogP contribution in [0.1, 0.15) is 36.1 Å². The summed E-state index contributed by atoms with van der Waals surface area (Å²) in [5.41, 5.74) is 17.8. The van der Waals surface area contributed by atoms with E-state index in [4.69, 9.17) is 0 Å². The maximum absolute atomic E-state index is 2.46. The van der Waals surface area contributed by atoms with Gasteiger partial charge in [-0.25, -0.2) is 0 Å². The van der Waals surface area contributed by atoms with E-state index in [0.29, 0.717) is 0 Å². The molecule has 11 rings (SSSR count). The molecule has 0 saturated carbocycles. The second-order valence-electron chi connectivity index (χ2n) is 15.7. The molecular formula is C54H39N. The van der Waals surface area contributed by atoms with Crippen molar-refractivity contribution in [1.82, 2.24) is 0 Å². The maximum atomic E-state index is 2.46. The van der Waals surface area contributed by atoms with Gasteiger partial charge in [0.05, 0.1) is 0 Å². The van der Waals surface area contributed by atoms with E-state index in [0.717, 1.165) is 0 Å². The van der Waals surface area contributed by atoms with E-state index in [1.54, 1.807) is 0 Å². The van der Waals surface area contributed by atoms with Gasteiger partial charge in [0.1, 0.15) is 0 Å². The first-order chi connectivity index (χ1) is 27.0. The van der Waals surface area contributed by atoms with Gasteiger partial charge in [-0.3, -0.25) is 0 Å². The Kier molecular flexibility index (Phi) is 6.88. The van der Waals surface area contributed by atoms with Crippen LogP contribution in [0.25, 0.3) is 89.0 Å². The van der Waals surface area contributed by atoms with Crippen LogP contribution < -0.4 is 4.90 Å². The first-order valence-corrected chi connectivity index (χ1v) is 19.3. The summed E-state index contributed by atoms with van der Waals surface area (Å²) < 4.78 is 0. The normalized spacial score (nSPS) is 13.8. The van der Waals surface area contributed by atoms with Crippen LogP contribution in [0.4, 0.5) is 11.4 Å². The van der Waals surface area contributed by atoms with Gasteiger partial charge in [0.2, 0.25) is 0 Å². The number of rotatable bonds is 3. The van der Waals surface area contributed by atoms with Crippen molar-refractivity contribution < 1.29 is 0 Å². The third-order valence-corrected chi connectivity index (χ3v) is 12.4. The van der Waals surface area contributed by atoms with Gasteiger partial charge in [-0.15, -0.1) is 0 Å². The Balaban J connectivity index is 1.23. The molecule has 0 aromatic heterocycles. The van der Waals surface area contributed by atoms with Gasteiger partial charge >= 0.3 is 0 Å². The fourth-order valence-corrected chi connectivity index (χ4v) is 9.66. The zero-order chi connectivity index (χ0) is 36.8. The molecule has 1 heteroatoms. The van der Waals surface area contributed by atoms with Gasteiger partial charge in [-0.1, -0.05) is 172 Å². The Morgan fingerprint density at radius 3 is 1.87 bits per heavy atom. The molecule has 1 aliphatic heterocycles. The van der Waals surface area contributed by atoms with E-state index in [1.165, 1.54) is 110 Å². The Bertz CT molecular complexity index is 3090. The molecule has 0 fully saturated rings. The summed E-state index contributed by atoms with van der Waals surface area (Å²) >= 11 is 0. The van der Waals surface area contributed by atoms with Gasteiger partial charge in [0.15, 0.2) is 0 Å². The highest BCUT2D eigenvalue weighted by molar-refractivity contribution is 6.23. The molecule has 2 aliphatic rings. The second kappa shape index (κ2) is 11.9. The Morgan fingerprint density at radius 1 is 0.382 bits per heavy atom. The lowest BCUT2D eigenvalue weighted by atomic mass is 9.80. The molecule has 0 saturated heterocycles. The van der Waals surface area contributed by atoms with Crippen molar-refractivity contribution in [3.8, 4) is 44.5 Å². The molecule has 1 heterocycles. The van der Waals surface area contributed by atoms with Crippen LogP contribution in [0.2, 0.25) is 0 Å². The Hall–Kier alpha value is -6.70. The number of anilines is 2. The van der Waals surface area contributed by atoms with Crippen LogP contribution in [0.3, 0.4) is 0 Å². The number of hydrogen-bond acceptors (Lipinski definition) is 1. The van der Waals surface area contributed by atoms with E-state index >= 15 is 0 Å². The molecule has 0 unspecified atom stereocenters. The molecular weight excluding hydrogens is 663 g/mol. The molecule has 55 heavy (non-hydrogen) atoms. The summed E-state index contributed by atoms with van der Waals surface area (Å²) in [6.07, 6.45) is 4.49. The SMILES string of the molecule is CN1c2ccccc2C=Cc2ccc(-c3c4ccccc4c(-c4cccc5c4-c4ccccc4C5(C)C)c4cc(-c5ccc6ccccc6c5)ccc34)cc21. The molecule has 0 amide bonds. The minimum Gasteiger partial charge on any atom is -0.344 e. The van der Waals surface area contributed by atoms with E-state index in [2.05, 4.69) is 208 Å². The quantitative estimate of drug-likeness (QED) is 0.166. The van der Waals surface area contributed by atoms with Crippen LogP contribution in [0.15, 0.2) is 170 Å². The zero-order valence-corrected chi connectivity index (χ0v) is 31.3. The lowest BCUT2D eigenvalue weighted by Gasteiger charge is -2.24. The molecule has 0 atom stereocenters. The average Bonchev–Trinajstić information content (AvgIpc) is 3.37. The van der Waals surface area contributed by atoms with E-state index in [1.807, 2.05) is 0 Å². The summed E-state index contributed by atoms with van der Waals surface area (Å²) in [5.74, 6) is 0. The van der Waals surface area contributed by atoms with Crippen LogP contribution in [0, 0.1) is 0 Å². The van der Waals surface area contributed by atoms with E-state index in [9.17, 15) is 0 Å². The molecule has 260 valence electrons. The highest BCUT2D eigenvalue weighted by atomic mass is 15.1. The van der Waals surface area contributed by atoms with Crippen molar-refractivity contribution in [1.29, 1.82) is 0 Å². The Labute approximate surface area is 322 Å². The van der Waals surface area contributed by atoms with Crippen molar-refractivity contribution in [2.24, 2.45) is 0 Å². The van der Waals surface area contributed by atoms with Gasteiger partial charge in [-0.05, 0) is 123 Å². The molecule has 1 nitrogen and oxygen atoms in total. The number of para-hydroxylation sites is 1. The number of hydrogen-bond donors (Lipinski definition) is 0. The van der Waals surface area contributed by atoms with Gasteiger partial charge in [-0.2, -0.15) is 0 Å². The topological polar surface area (TPSA) is 3.24 Å². The number of benzene rings is 9. The fraction of sp³-hybridized carbons (Fsp3) is 0.0741. The van der Waals surface area contributed by atoms with E-state index in [-0.39, 0.29) is 5.41 Å². The van der Waals surface area contributed by atoms with Crippen LogP contribution >= 0.6 is 0 Å². The van der Waals surface area contributed by atoms with Crippen molar-refractivity contribution in [3.63, 3.8) is 0 Å². The molecule has 0 radical (unpaired) electrons. The lowest BCUT2D eigenvalue weighted by molar-refractivity contribution is 0.660. The van der Waals surface area contributed by atoms with Gasteiger partial charge < -0.3 is 4.90 Å². The minimum absolute atomic E-state index is 0.0926. The summed E-state index contributed by atoms with van der Waals surface area (Å²) in [6, 6.07) is 63.5. The largest absolute Gasteiger partial charge is 0.344 e. The monoisotopic (exact) mass is 701 g/mol. The third kappa shape index (κ3) is 4.73. The molecule has 0 N–H and O–H groups in total. The van der Waals surface area contributed by atoms with Gasteiger partial charge in [0, 0.05) is 23.8 Å². The second-order valence-corrected chi connectivity index (χ2v) is 15.7. The Morgan fingerprint density at radius 2 is 1.00 bits per heavy atom. The average molecular weight is 702 g/mol. The van der Waals surface area contributed by atoms with Crippen molar-refractivity contribution >= 4 is 55.8 Å². The van der Waals surface area contributed by atoms with Crippen molar-refractivity contribution in [3.05, 3.63) is 192 Å². The summed E-state index contributed by atoms with van der Waals surface area (Å²) in [5, 5.41) is 7.57. The van der Waals surface area contributed by atoms with Crippen LogP contribution in [0.5, 0.6) is 0 Å². The van der Waals surface area contributed by atoms with Crippen LogP contribution in [-0.4, -0.2) is 7.05 Å².